The van der Waals surface area contributed by atoms with E-state index < -0.39 is 0 Å². The zero-order valence-corrected chi connectivity index (χ0v) is 14.8. The smallest absolute Gasteiger partial charge is 0.123 e. The monoisotopic (exact) mass is 366 g/mol. The van der Waals surface area contributed by atoms with E-state index in [2.05, 4.69) is 45.3 Å². The molecule has 1 aromatic heterocycles. The van der Waals surface area contributed by atoms with Gasteiger partial charge in [-0.3, -0.25) is 0 Å². The minimum atomic E-state index is 0.207. The van der Waals surface area contributed by atoms with Gasteiger partial charge in [0.15, 0.2) is 0 Å². The molecule has 1 unspecified atom stereocenters. The van der Waals surface area contributed by atoms with E-state index in [0.717, 1.165) is 21.0 Å². The zero-order valence-electron chi connectivity index (χ0n) is 12.4. The molecule has 0 aliphatic carbocycles. The van der Waals surface area contributed by atoms with Crippen LogP contribution in [0.5, 0.6) is 5.75 Å². The third-order valence-corrected chi connectivity index (χ3v) is 5.22. The molecule has 2 rings (SSSR count). The van der Waals surface area contributed by atoms with Crippen molar-refractivity contribution in [1.82, 2.24) is 10.3 Å². The molecule has 1 atom stereocenters. The lowest BCUT2D eigenvalue weighted by molar-refractivity contribution is 0.404. The fourth-order valence-electron chi connectivity index (χ4n) is 2.09. The molecular formula is C16H19BrN2OS. The highest BCUT2D eigenvalue weighted by Gasteiger charge is 2.16. The molecule has 0 aliphatic rings. The Balaban J connectivity index is 2.17. The summed E-state index contributed by atoms with van der Waals surface area (Å²) in [4.78, 5) is 4.40. The van der Waals surface area contributed by atoms with Crippen LogP contribution in [0.25, 0.3) is 0 Å². The third kappa shape index (κ3) is 4.22. The molecule has 3 nitrogen and oxygen atoms in total. The van der Waals surface area contributed by atoms with Crippen molar-refractivity contribution in [2.24, 2.45) is 0 Å². The van der Waals surface area contributed by atoms with Gasteiger partial charge < -0.3 is 10.1 Å². The molecule has 0 bridgehead atoms. The van der Waals surface area contributed by atoms with Crippen LogP contribution in [0.1, 0.15) is 17.2 Å². The van der Waals surface area contributed by atoms with Gasteiger partial charge in [-0.05, 0) is 48.1 Å². The quantitative estimate of drug-likeness (QED) is 0.776. The Bertz CT molecular complexity index is 607. The van der Waals surface area contributed by atoms with E-state index in [-0.39, 0.29) is 6.04 Å². The highest BCUT2D eigenvalue weighted by molar-refractivity contribution is 9.10. The van der Waals surface area contributed by atoms with E-state index >= 15 is 0 Å². The SMILES string of the molecule is CNC(CSc1ncccc1Br)c1cc(C)ccc1OC. The van der Waals surface area contributed by atoms with Crippen molar-refractivity contribution in [2.45, 2.75) is 18.0 Å². The standard InChI is InChI=1S/C16H19BrN2OS/c1-11-6-7-15(20-3)12(9-11)14(18-2)10-21-16-13(17)5-4-8-19-16/h4-9,14,18H,10H2,1-3H3. The number of aromatic nitrogens is 1. The van der Waals surface area contributed by atoms with Gasteiger partial charge in [-0.15, -0.1) is 11.8 Å². The van der Waals surface area contributed by atoms with Gasteiger partial charge in [0.1, 0.15) is 10.8 Å². The van der Waals surface area contributed by atoms with Crippen LogP contribution in [0.2, 0.25) is 0 Å². The number of rotatable bonds is 6. The second kappa shape index (κ2) is 7.82. The number of hydrogen-bond donors (Lipinski definition) is 1. The van der Waals surface area contributed by atoms with Crippen LogP contribution in [0.4, 0.5) is 0 Å². The van der Waals surface area contributed by atoms with Crippen LogP contribution in [0, 0.1) is 6.92 Å². The normalized spacial score (nSPS) is 12.2. The van der Waals surface area contributed by atoms with E-state index in [1.165, 1.54) is 11.1 Å². The second-order valence-corrected chi connectivity index (χ2v) is 6.55. The lowest BCUT2D eigenvalue weighted by atomic mass is 10.0. The van der Waals surface area contributed by atoms with Gasteiger partial charge in [0.2, 0.25) is 0 Å². The number of hydrogen-bond acceptors (Lipinski definition) is 4. The molecule has 2 aromatic rings. The topological polar surface area (TPSA) is 34.2 Å². The Hall–Kier alpha value is -1.04. The van der Waals surface area contributed by atoms with Crippen LogP contribution in [-0.2, 0) is 0 Å². The van der Waals surface area contributed by atoms with Crippen LogP contribution in [-0.4, -0.2) is 24.9 Å². The van der Waals surface area contributed by atoms with E-state index in [1.807, 2.05) is 31.4 Å². The summed E-state index contributed by atoms with van der Waals surface area (Å²) in [7, 11) is 3.68. The summed E-state index contributed by atoms with van der Waals surface area (Å²) in [5.41, 5.74) is 2.41. The van der Waals surface area contributed by atoms with E-state index in [0.29, 0.717) is 0 Å². The van der Waals surface area contributed by atoms with Gasteiger partial charge in [0, 0.05) is 28.0 Å². The fourth-order valence-corrected chi connectivity index (χ4v) is 3.70. The first-order chi connectivity index (χ1) is 10.2. The maximum atomic E-state index is 5.48. The maximum Gasteiger partial charge on any atom is 0.123 e. The molecule has 0 saturated carbocycles. The Morgan fingerprint density at radius 1 is 1.38 bits per heavy atom. The van der Waals surface area contributed by atoms with E-state index in [1.54, 1.807) is 18.9 Å². The van der Waals surface area contributed by atoms with Gasteiger partial charge >= 0.3 is 0 Å². The summed E-state index contributed by atoms with van der Waals surface area (Å²) in [6.45, 7) is 2.10. The van der Waals surface area contributed by atoms with E-state index in [9.17, 15) is 0 Å². The highest BCUT2D eigenvalue weighted by atomic mass is 79.9. The molecule has 0 spiro atoms. The first-order valence-electron chi connectivity index (χ1n) is 6.70. The summed E-state index contributed by atoms with van der Waals surface area (Å²) in [6, 6.07) is 10.4. The molecule has 0 fully saturated rings. The van der Waals surface area contributed by atoms with Crippen molar-refractivity contribution < 1.29 is 4.74 Å². The minimum absolute atomic E-state index is 0.207. The lowest BCUT2D eigenvalue weighted by Crippen LogP contribution is -2.19. The van der Waals surface area contributed by atoms with Gasteiger partial charge in [-0.1, -0.05) is 17.7 Å². The van der Waals surface area contributed by atoms with Crippen molar-refractivity contribution in [3.8, 4) is 5.75 Å². The largest absolute Gasteiger partial charge is 0.496 e. The number of halogens is 1. The van der Waals surface area contributed by atoms with Gasteiger partial charge in [0.05, 0.1) is 7.11 Å². The number of nitrogens with zero attached hydrogens (tertiary/aromatic N) is 1. The molecule has 0 amide bonds. The average Bonchev–Trinajstić information content (AvgIpc) is 2.50. The minimum Gasteiger partial charge on any atom is -0.496 e. The summed E-state index contributed by atoms with van der Waals surface area (Å²) in [6.07, 6.45) is 1.81. The predicted octanol–water partition coefficient (Wildman–Crippen LogP) is 4.21. The number of nitrogens with one attached hydrogen (secondary N) is 1. The Labute approximate surface area is 138 Å². The number of pyridine rings is 1. The summed E-state index contributed by atoms with van der Waals surface area (Å²) >= 11 is 5.26. The number of thioether (sulfide) groups is 1. The van der Waals surface area contributed by atoms with E-state index in [4.69, 9.17) is 4.74 Å². The van der Waals surface area contributed by atoms with Crippen LogP contribution in [0.3, 0.4) is 0 Å². The van der Waals surface area contributed by atoms with Gasteiger partial charge in [0.25, 0.3) is 0 Å². The molecule has 1 N–H and O–H groups in total. The molecule has 0 aliphatic heterocycles. The number of ether oxygens (including phenoxy) is 1. The number of aryl methyl sites for hydroxylation is 1. The predicted molar refractivity (Wildman–Crippen MR) is 92.2 cm³/mol. The first kappa shape index (κ1) is 16.3. The zero-order chi connectivity index (χ0) is 15.2. The lowest BCUT2D eigenvalue weighted by Gasteiger charge is -2.19. The molecule has 1 heterocycles. The second-order valence-electron chi connectivity index (χ2n) is 4.69. The third-order valence-electron chi connectivity index (χ3n) is 3.22. The van der Waals surface area contributed by atoms with Crippen molar-refractivity contribution in [2.75, 3.05) is 19.9 Å². The fraction of sp³-hybridized carbons (Fsp3) is 0.312. The highest BCUT2D eigenvalue weighted by Crippen LogP contribution is 2.32. The molecule has 112 valence electrons. The van der Waals surface area contributed by atoms with Crippen molar-refractivity contribution in [3.63, 3.8) is 0 Å². The Kier molecular flexibility index (Phi) is 6.08. The van der Waals surface area contributed by atoms with Gasteiger partial charge in [-0.25, -0.2) is 4.98 Å². The van der Waals surface area contributed by atoms with Gasteiger partial charge in [-0.2, -0.15) is 0 Å². The number of benzene rings is 1. The molecule has 0 saturated heterocycles. The molecule has 5 heteroatoms. The van der Waals surface area contributed by atoms with Crippen molar-refractivity contribution in [3.05, 3.63) is 52.1 Å². The summed E-state index contributed by atoms with van der Waals surface area (Å²) in [5, 5.41) is 4.37. The van der Waals surface area contributed by atoms with Crippen LogP contribution in [0.15, 0.2) is 46.0 Å². The Morgan fingerprint density at radius 2 is 2.19 bits per heavy atom. The molecular weight excluding hydrogens is 348 g/mol. The maximum absolute atomic E-state index is 5.48. The average molecular weight is 367 g/mol. The first-order valence-corrected chi connectivity index (χ1v) is 8.48. The van der Waals surface area contributed by atoms with Crippen molar-refractivity contribution in [1.29, 1.82) is 0 Å². The molecule has 0 radical (unpaired) electrons. The molecule has 21 heavy (non-hydrogen) atoms. The summed E-state index contributed by atoms with van der Waals surface area (Å²) < 4.78 is 6.51. The van der Waals surface area contributed by atoms with Crippen LogP contribution >= 0.6 is 27.7 Å². The van der Waals surface area contributed by atoms with Crippen LogP contribution < -0.4 is 10.1 Å². The van der Waals surface area contributed by atoms with Crippen molar-refractivity contribution >= 4 is 27.7 Å². The Morgan fingerprint density at radius 3 is 2.86 bits per heavy atom. The number of methoxy groups -OCH3 is 1. The summed E-state index contributed by atoms with van der Waals surface area (Å²) in [5.74, 6) is 1.80. The molecule has 1 aromatic carbocycles.